The first kappa shape index (κ1) is 19.7. The van der Waals surface area contributed by atoms with Gasteiger partial charge >= 0.3 is 11.9 Å². The number of esters is 2. The summed E-state index contributed by atoms with van der Waals surface area (Å²) >= 11 is 0. The fourth-order valence-corrected chi connectivity index (χ4v) is 2.76. The molecule has 0 unspecified atom stereocenters. The molecule has 9 nitrogen and oxygen atoms in total. The van der Waals surface area contributed by atoms with Crippen molar-refractivity contribution in [1.29, 1.82) is 0 Å². The van der Waals surface area contributed by atoms with Crippen molar-refractivity contribution in [2.45, 2.75) is 36.8 Å². The number of hydrogen-bond acceptors (Lipinski definition) is 9. The molecule has 0 aliphatic heterocycles. The van der Waals surface area contributed by atoms with E-state index in [0.717, 1.165) is 13.2 Å². The number of ether oxygens (including phenoxy) is 2. The van der Waals surface area contributed by atoms with E-state index in [1.807, 2.05) is 0 Å². The third-order valence-corrected chi connectivity index (χ3v) is 4.08. The van der Waals surface area contributed by atoms with E-state index in [-0.39, 0.29) is 11.5 Å². The third kappa shape index (κ3) is 4.31. The molecule has 2 atom stereocenters. The first-order valence-corrected chi connectivity index (χ1v) is 7.74. The van der Waals surface area contributed by atoms with E-state index in [9.17, 15) is 35.1 Å². The second kappa shape index (κ2) is 7.73. The van der Waals surface area contributed by atoms with Gasteiger partial charge in [0.05, 0.1) is 19.3 Å². The van der Waals surface area contributed by atoms with Gasteiger partial charge < -0.3 is 35.0 Å². The Hall–Kier alpha value is -2.62. The highest BCUT2D eigenvalue weighted by atomic mass is 16.6. The van der Waals surface area contributed by atoms with Crippen molar-refractivity contribution < 1.29 is 44.6 Å². The molecule has 2 rings (SSSR count). The second-order valence-corrected chi connectivity index (χ2v) is 6.05. The van der Waals surface area contributed by atoms with Gasteiger partial charge in [-0.2, -0.15) is 0 Å². The summed E-state index contributed by atoms with van der Waals surface area (Å²) in [6.07, 6.45) is -2.88. The van der Waals surface area contributed by atoms with Crippen molar-refractivity contribution >= 4 is 18.0 Å². The Bertz CT molecular complexity index is 700. The number of phenolic OH excluding ortho intramolecular Hbond substituents is 2. The van der Waals surface area contributed by atoms with Crippen molar-refractivity contribution in [1.82, 2.24) is 0 Å². The SMILES string of the molecule is COC(=O)C1(O)C[C@H](O)C(OC(=O)C=Cc2ccc(O)c(O)c2)[C@@H](O)C1. The molecule has 1 aliphatic carbocycles. The first-order chi connectivity index (χ1) is 12.2. The van der Waals surface area contributed by atoms with E-state index in [0.29, 0.717) is 5.56 Å². The molecule has 1 aromatic rings. The minimum Gasteiger partial charge on any atom is -0.504 e. The Morgan fingerprint density at radius 3 is 2.31 bits per heavy atom. The lowest BCUT2D eigenvalue weighted by atomic mass is 9.79. The highest BCUT2D eigenvalue weighted by Gasteiger charge is 2.50. The molecule has 142 valence electrons. The smallest absolute Gasteiger partial charge is 0.338 e. The quantitative estimate of drug-likeness (QED) is 0.267. The minimum absolute atomic E-state index is 0.309. The van der Waals surface area contributed by atoms with Crippen LogP contribution in [0.3, 0.4) is 0 Å². The Labute approximate surface area is 148 Å². The summed E-state index contributed by atoms with van der Waals surface area (Å²) < 4.78 is 9.44. The average Bonchev–Trinajstić information content (AvgIpc) is 2.58. The largest absolute Gasteiger partial charge is 0.504 e. The highest BCUT2D eigenvalue weighted by molar-refractivity contribution is 5.87. The zero-order valence-corrected chi connectivity index (χ0v) is 13.9. The van der Waals surface area contributed by atoms with Gasteiger partial charge in [-0.25, -0.2) is 9.59 Å². The van der Waals surface area contributed by atoms with E-state index in [2.05, 4.69) is 4.74 Å². The maximum atomic E-state index is 11.9. The van der Waals surface area contributed by atoms with Crippen LogP contribution in [0.2, 0.25) is 0 Å². The topological polar surface area (TPSA) is 154 Å². The number of rotatable bonds is 4. The van der Waals surface area contributed by atoms with Gasteiger partial charge in [0.1, 0.15) is 0 Å². The number of benzene rings is 1. The summed E-state index contributed by atoms with van der Waals surface area (Å²) in [6, 6.07) is 3.90. The van der Waals surface area contributed by atoms with E-state index in [1.165, 1.54) is 24.3 Å². The van der Waals surface area contributed by atoms with Gasteiger partial charge in [0.25, 0.3) is 0 Å². The molecule has 26 heavy (non-hydrogen) atoms. The van der Waals surface area contributed by atoms with Gasteiger partial charge in [0.15, 0.2) is 23.2 Å². The molecule has 0 radical (unpaired) electrons. The monoisotopic (exact) mass is 368 g/mol. The molecule has 1 fully saturated rings. The summed E-state index contributed by atoms with van der Waals surface area (Å²) in [4.78, 5) is 23.4. The fraction of sp³-hybridized carbons (Fsp3) is 0.412. The summed E-state index contributed by atoms with van der Waals surface area (Å²) in [6.45, 7) is 0. The van der Waals surface area contributed by atoms with Crippen LogP contribution in [0.1, 0.15) is 18.4 Å². The summed E-state index contributed by atoms with van der Waals surface area (Å²) in [5.74, 6) is -2.55. The molecular weight excluding hydrogens is 348 g/mol. The summed E-state index contributed by atoms with van der Waals surface area (Å²) in [5.41, 5.74) is -1.65. The lowest BCUT2D eigenvalue weighted by Crippen LogP contribution is -2.57. The van der Waals surface area contributed by atoms with Gasteiger partial charge in [-0.15, -0.1) is 0 Å². The summed E-state index contributed by atoms with van der Waals surface area (Å²) in [5, 5.41) is 48.8. The number of aromatic hydroxyl groups is 2. The molecule has 0 amide bonds. The third-order valence-electron chi connectivity index (χ3n) is 4.08. The lowest BCUT2D eigenvalue weighted by Gasteiger charge is -2.39. The molecule has 1 aliphatic rings. The van der Waals surface area contributed by atoms with E-state index < -0.39 is 48.7 Å². The first-order valence-electron chi connectivity index (χ1n) is 7.74. The molecule has 0 spiro atoms. The second-order valence-electron chi connectivity index (χ2n) is 6.05. The maximum absolute atomic E-state index is 11.9. The van der Waals surface area contributed by atoms with Gasteiger partial charge in [0, 0.05) is 18.9 Å². The van der Waals surface area contributed by atoms with Gasteiger partial charge in [-0.3, -0.25) is 0 Å². The number of aliphatic hydroxyl groups is 3. The minimum atomic E-state index is -2.06. The number of methoxy groups -OCH3 is 1. The van der Waals surface area contributed by atoms with Crippen LogP contribution >= 0.6 is 0 Å². The Morgan fingerprint density at radius 2 is 1.77 bits per heavy atom. The number of carbonyl (C=O) groups is 2. The molecule has 0 heterocycles. The van der Waals surface area contributed by atoms with Gasteiger partial charge in [-0.05, 0) is 23.8 Å². The molecule has 0 aromatic heterocycles. The van der Waals surface area contributed by atoms with E-state index in [1.54, 1.807) is 0 Å². The van der Waals surface area contributed by atoms with Crippen LogP contribution in [0.25, 0.3) is 6.08 Å². The normalized spacial score (nSPS) is 28.7. The average molecular weight is 368 g/mol. The number of phenols is 2. The maximum Gasteiger partial charge on any atom is 0.338 e. The molecule has 9 heteroatoms. The van der Waals surface area contributed by atoms with Crippen LogP contribution in [0.4, 0.5) is 0 Å². The van der Waals surface area contributed by atoms with Crippen LogP contribution in [0, 0.1) is 0 Å². The number of hydrogen-bond donors (Lipinski definition) is 5. The van der Waals surface area contributed by atoms with Crippen LogP contribution in [0.5, 0.6) is 11.5 Å². The number of carbonyl (C=O) groups excluding carboxylic acids is 2. The van der Waals surface area contributed by atoms with Crippen molar-refractivity contribution in [3.8, 4) is 11.5 Å². The number of aliphatic hydroxyl groups excluding tert-OH is 2. The van der Waals surface area contributed by atoms with Crippen LogP contribution in [-0.4, -0.2) is 68.5 Å². The Balaban J connectivity index is 2.01. The molecule has 1 saturated carbocycles. The Kier molecular flexibility index (Phi) is 5.86. The fourth-order valence-electron chi connectivity index (χ4n) is 2.76. The molecule has 5 N–H and O–H groups in total. The van der Waals surface area contributed by atoms with Crippen LogP contribution in [-0.2, 0) is 19.1 Å². The van der Waals surface area contributed by atoms with Crippen molar-refractivity contribution in [2.75, 3.05) is 7.11 Å². The molecule has 0 bridgehead atoms. The van der Waals surface area contributed by atoms with E-state index in [4.69, 9.17) is 4.74 Å². The van der Waals surface area contributed by atoms with Crippen molar-refractivity contribution in [2.24, 2.45) is 0 Å². The molecular formula is C17H20O9. The van der Waals surface area contributed by atoms with Gasteiger partial charge in [0.2, 0.25) is 0 Å². The van der Waals surface area contributed by atoms with Crippen molar-refractivity contribution in [3.05, 3.63) is 29.8 Å². The standard InChI is InChI=1S/C17H20O9/c1-25-16(23)17(24)7-12(20)15(13(21)8-17)26-14(22)5-3-9-2-4-10(18)11(19)6-9/h2-6,12-13,15,18-21,24H,7-8H2,1H3/t12-,13-,15?,17?/m0/s1. The molecule has 0 saturated heterocycles. The van der Waals surface area contributed by atoms with Crippen LogP contribution < -0.4 is 0 Å². The predicted molar refractivity (Wildman–Crippen MR) is 86.9 cm³/mol. The van der Waals surface area contributed by atoms with Crippen molar-refractivity contribution in [3.63, 3.8) is 0 Å². The predicted octanol–water partition coefficient (Wildman–Crippen LogP) is -0.558. The zero-order chi connectivity index (χ0) is 19.5. The zero-order valence-electron chi connectivity index (χ0n) is 13.9. The summed E-state index contributed by atoms with van der Waals surface area (Å²) in [7, 11) is 1.07. The van der Waals surface area contributed by atoms with E-state index >= 15 is 0 Å². The Morgan fingerprint density at radius 1 is 1.15 bits per heavy atom. The lowest BCUT2D eigenvalue weighted by molar-refractivity contribution is -0.198. The van der Waals surface area contributed by atoms with Crippen LogP contribution in [0.15, 0.2) is 24.3 Å². The van der Waals surface area contributed by atoms with Gasteiger partial charge in [-0.1, -0.05) is 6.07 Å². The molecule has 1 aromatic carbocycles. The highest BCUT2D eigenvalue weighted by Crippen LogP contribution is 2.32.